The largest absolute Gasteiger partial charge is 0.469 e. The number of hydrogen-bond acceptors (Lipinski definition) is 3. The molecule has 0 unspecified atom stereocenters. The first-order valence-electron chi connectivity index (χ1n) is 10.6. The quantitative estimate of drug-likeness (QED) is 0.744. The van der Waals surface area contributed by atoms with E-state index in [0.717, 1.165) is 36.5 Å². The summed E-state index contributed by atoms with van der Waals surface area (Å²) in [5.74, 6) is 3.71. The third-order valence-corrected chi connectivity index (χ3v) is 9.48. The summed E-state index contributed by atoms with van der Waals surface area (Å²) >= 11 is 0. The molecule has 25 heavy (non-hydrogen) atoms. The molecule has 0 saturated heterocycles. The molecule has 0 aromatic carbocycles. The van der Waals surface area contributed by atoms with Crippen LogP contribution >= 0.6 is 0 Å². The van der Waals surface area contributed by atoms with Crippen molar-refractivity contribution in [1.82, 2.24) is 0 Å². The van der Waals surface area contributed by atoms with E-state index in [0.29, 0.717) is 23.2 Å². The van der Waals surface area contributed by atoms with Crippen LogP contribution in [0.5, 0.6) is 0 Å². The fourth-order valence-corrected chi connectivity index (χ4v) is 7.96. The Morgan fingerprint density at radius 3 is 2.48 bits per heavy atom. The molecule has 0 aliphatic heterocycles. The number of ether oxygens (including phenoxy) is 1. The molecule has 0 amide bonds. The SMILES string of the molecule is COC(=O)C[C@@H]1CC[C@@H]2[C@H]3CC[C@@H]4C[C@H](O)CC[C@@]4(C)[C@@H]3CC[C@@]12C. The summed E-state index contributed by atoms with van der Waals surface area (Å²) in [4.78, 5) is 11.9. The molecular formula is C22H36O3. The highest BCUT2D eigenvalue weighted by Gasteiger charge is 2.60. The van der Waals surface area contributed by atoms with Crippen LogP contribution in [-0.2, 0) is 9.53 Å². The van der Waals surface area contributed by atoms with E-state index in [1.807, 2.05) is 0 Å². The van der Waals surface area contributed by atoms with E-state index in [1.54, 1.807) is 0 Å². The molecule has 8 atom stereocenters. The third kappa shape index (κ3) is 2.67. The van der Waals surface area contributed by atoms with Crippen molar-refractivity contribution in [3.8, 4) is 0 Å². The van der Waals surface area contributed by atoms with Gasteiger partial charge in [0.15, 0.2) is 0 Å². The molecule has 0 aromatic heterocycles. The zero-order chi connectivity index (χ0) is 17.8. The van der Waals surface area contributed by atoms with Crippen molar-refractivity contribution in [3.63, 3.8) is 0 Å². The van der Waals surface area contributed by atoms with Gasteiger partial charge in [-0.2, -0.15) is 0 Å². The Labute approximate surface area is 152 Å². The van der Waals surface area contributed by atoms with Crippen LogP contribution in [0.25, 0.3) is 0 Å². The number of carbonyl (C=O) groups is 1. The van der Waals surface area contributed by atoms with Gasteiger partial charge in [0, 0.05) is 6.42 Å². The predicted molar refractivity (Wildman–Crippen MR) is 97.9 cm³/mol. The number of methoxy groups -OCH3 is 1. The summed E-state index contributed by atoms with van der Waals surface area (Å²) in [5, 5.41) is 10.1. The molecule has 4 aliphatic rings. The number of fused-ring (bicyclic) bond motifs is 5. The van der Waals surface area contributed by atoms with Gasteiger partial charge in [0.25, 0.3) is 0 Å². The highest BCUT2D eigenvalue weighted by Crippen LogP contribution is 2.67. The lowest BCUT2D eigenvalue weighted by molar-refractivity contribution is -0.146. The van der Waals surface area contributed by atoms with Crippen molar-refractivity contribution in [2.45, 2.75) is 84.2 Å². The predicted octanol–water partition coefficient (Wildman–Crippen LogP) is 4.57. The normalized spacial score (nSPS) is 52.0. The van der Waals surface area contributed by atoms with Crippen LogP contribution in [0.1, 0.15) is 78.1 Å². The van der Waals surface area contributed by atoms with Gasteiger partial charge in [-0.15, -0.1) is 0 Å². The summed E-state index contributed by atoms with van der Waals surface area (Å²) in [6.07, 6.45) is 11.6. The Morgan fingerprint density at radius 1 is 1.00 bits per heavy atom. The maximum atomic E-state index is 11.9. The fourth-order valence-electron chi connectivity index (χ4n) is 7.96. The van der Waals surface area contributed by atoms with E-state index < -0.39 is 0 Å². The van der Waals surface area contributed by atoms with Crippen molar-refractivity contribution in [1.29, 1.82) is 0 Å². The Balaban J connectivity index is 1.55. The first-order valence-corrected chi connectivity index (χ1v) is 10.6. The van der Waals surface area contributed by atoms with Gasteiger partial charge >= 0.3 is 5.97 Å². The molecule has 1 N–H and O–H groups in total. The molecular weight excluding hydrogens is 312 g/mol. The molecule has 0 bridgehead atoms. The van der Waals surface area contributed by atoms with Crippen molar-refractivity contribution >= 4 is 5.97 Å². The molecule has 3 nitrogen and oxygen atoms in total. The van der Waals surface area contributed by atoms with E-state index in [1.165, 1.54) is 52.1 Å². The van der Waals surface area contributed by atoms with Crippen molar-refractivity contribution in [2.75, 3.05) is 7.11 Å². The van der Waals surface area contributed by atoms with Crippen molar-refractivity contribution in [2.24, 2.45) is 40.4 Å². The molecule has 0 aromatic rings. The maximum Gasteiger partial charge on any atom is 0.305 e. The lowest BCUT2D eigenvalue weighted by atomic mass is 9.44. The standard InChI is InChI=1S/C22H36O3/c1-21-10-8-16(23)12-14(21)4-6-17-18-7-5-15(13-20(24)25-3)22(18,2)11-9-19(17)21/h14-19,23H,4-13H2,1-3H3/t14-,15+,16-,17-,18-,19-,21-,22+/m1/s1. The molecule has 0 radical (unpaired) electrons. The lowest BCUT2D eigenvalue weighted by Crippen LogP contribution is -2.54. The van der Waals surface area contributed by atoms with Crippen LogP contribution < -0.4 is 0 Å². The molecule has 142 valence electrons. The monoisotopic (exact) mass is 348 g/mol. The average molecular weight is 349 g/mol. The van der Waals surface area contributed by atoms with E-state index >= 15 is 0 Å². The van der Waals surface area contributed by atoms with Gasteiger partial charge in [0.1, 0.15) is 0 Å². The van der Waals surface area contributed by atoms with E-state index in [-0.39, 0.29) is 12.1 Å². The second-order valence-corrected chi connectivity index (χ2v) is 10.2. The van der Waals surface area contributed by atoms with Gasteiger partial charge < -0.3 is 9.84 Å². The van der Waals surface area contributed by atoms with Crippen molar-refractivity contribution in [3.05, 3.63) is 0 Å². The van der Waals surface area contributed by atoms with Crippen molar-refractivity contribution < 1.29 is 14.6 Å². The van der Waals surface area contributed by atoms with Gasteiger partial charge in [-0.05, 0) is 98.2 Å². The Hall–Kier alpha value is -0.570. The number of rotatable bonds is 2. The third-order valence-electron chi connectivity index (χ3n) is 9.48. The molecule has 0 heterocycles. The van der Waals surface area contributed by atoms with Gasteiger partial charge in [-0.3, -0.25) is 4.79 Å². The fraction of sp³-hybridized carbons (Fsp3) is 0.955. The second kappa shape index (κ2) is 6.25. The molecule has 0 spiro atoms. The highest BCUT2D eigenvalue weighted by atomic mass is 16.5. The number of aliphatic hydroxyl groups is 1. The Kier molecular flexibility index (Phi) is 4.46. The van der Waals surface area contributed by atoms with E-state index in [2.05, 4.69) is 13.8 Å². The lowest BCUT2D eigenvalue weighted by Gasteiger charge is -2.61. The van der Waals surface area contributed by atoms with Crippen LogP contribution in [0.2, 0.25) is 0 Å². The minimum atomic E-state index is -0.0561. The number of esters is 1. The summed E-state index contributed by atoms with van der Waals surface area (Å²) in [7, 11) is 1.52. The molecule has 3 heteroatoms. The minimum absolute atomic E-state index is 0.0223. The van der Waals surface area contributed by atoms with E-state index in [4.69, 9.17) is 4.74 Å². The smallest absolute Gasteiger partial charge is 0.305 e. The van der Waals surface area contributed by atoms with Gasteiger partial charge in [-0.1, -0.05) is 13.8 Å². The highest BCUT2D eigenvalue weighted by molar-refractivity contribution is 5.69. The zero-order valence-corrected chi connectivity index (χ0v) is 16.3. The van der Waals surface area contributed by atoms with Crippen LogP contribution in [-0.4, -0.2) is 24.3 Å². The Bertz CT molecular complexity index is 531. The first-order chi connectivity index (χ1) is 11.9. The molecule has 4 fully saturated rings. The van der Waals surface area contributed by atoms with Crippen LogP contribution in [0.15, 0.2) is 0 Å². The summed E-state index contributed by atoms with van der Waals surface area (Å²) in [6.45, 7) is 5.03. The Morgan fingerprint density at radius 2 is 1.72 bits per heavy atom. The first kappa shape index (κ1) is 17.8. The molecule has 4 rings (SSSR count). The maximum absolute atomic E-state index is 11.9. The van der Waals surface area contributed by atoms with Crippen LogP contribution in [0.3, 0.4) is 0 Å². The number of hydrogen-bond donors (Lipinski definition) is 1. The van der Waals surface area contributed by atoms with Gasteiger partial charge in [0.05, 0.1) is 13.2 Å². The minimum Gasteiger partial charge on any atom is -0.469 e. The van der Waals surface area contributed by atoms with Gasteiger partial charge in [0.2, 0.25) is 0 Å². The molecule has 4 saturated carbocycles. The summed E-state index contributed by atoms with van der Waals surface area (Å²) < 4.78 is 4.98. The van der Waals surface area contributed by atoms with E-state index in [9.17, 15) is 9.90 Å². The average Bonchev–Trinajstić information content (AvgIpc) is 2.92. The second-order valence-electron chi connectivity index (χ2n) is 10.2. The summed E-state index contributed by atoms with van der Waals surface area (Å²) in [6, 6.07) is 0. The van der Waals surface area contributed by atoms with Gasteiger partial charge in [-0.25, -0.2) is 0 Å². The topological polar surface area (TPSA) is 46.5 Å². The molecule has 4 aliphatic carbocycles. The summed E-state index contributed by atoms with van der Waals surface area (Å²) in [5.41, 5.74) is 0.788. The van der Waals surface area contributed by atoms with Crippen LogP contribution in [0, 0.1) is 40.4 Å². The van der Waals surface area contributed by atoms with Crippen LogP contribution in [0.4, 0.5) is 0 Å². The number of aliphatic hydroxyl groups excluding tert-OH is 1. The zero-order valence-electron chi connectivity index (χ0n) is 16.3. The number of carbonyl (C=O) groups excluding carboxylic acids is 1.